The summed E-state index contributed by atoms with van der Waals surface area (Å²) in [6.07, 6.45) is 13.7. The first-order valence-electron chi connectivity index (χ1n) is 5.38. The second-order valence-corrected chi connectivity index (χ2v) is 4.68. The molecule has 0 aromatic carbocycles. The zero-order chi connectivity index (χ0) is 8.89. The van der Waals surface area contributed by atoms with Gasteiger partial charge in [-0.05, 0) is 31.1 Å². The van der Waals surface area contributed by atoms with Gasteiger partial charge >= 0.3 is 0 Å². The van der Waals surface area contributed by atoms with Crippen LogP contribution in [0.4, 0.5) is 0 Å². The predicted octanol–water partition coefficient (Wildman–Crippen LogP) is 2.28. The summed E-state index contributed by atoms with van der Waals surface area (Å²) in [5, 5.41) is 10.1. The topological polar surface area (TPSA) is 20.2 Å². The average Bonchev–Trinajstić information content (AvgIpc) is 2.09. The lowest BCUT2D eigenvalue weighted by Crippen LogP contribution is -2.53. The van der Waals surface area contributed by atoms with Crippen LogP contribution in [0.3, 0.4) is 0 Å². The zero-order valence-corrected chi connectivity index (χ0v) is 7.82. The molecule has 3 aliphatic carbocycles. The van der Waals surface area contributed by atoms with Gasteiger partial charge in [0.15, 0.2) is 0 Å². The van der Waals surface area contributed by atoms with Crippen molar-refractivity contribution >= 4 is 0 Å². The second-order valence-electron chi connectivity index (χ2n) is 4.68. The van der Waals surface area contributed by atoms with Crippen molar-refractivity contribution in [1.29, 1.82) is 0 Å². The summed E-state index contributed by atoms with van der Waals surface area (Å²) in [4.78, 5) is 0. The molecule has 0 saturated heterocycles. The Morgan fingerprint density at radius 2 is 2.08 bits per heavy atom. The Hall–Kier alpha value is -0.560. The van der Waals surface area contributed by atoms with Crippen LogP contribution < -0.4 is 0 Å². The van der Waals surface area contributed by atoms with Gasteiger partial charge in [0.1, 0.15) is 0 Å². The average molecular weight is 176 g/mol. The van der Waals surface area contributed by atoms with Gasteiger partial charge in [0.2, 0.25) is 0 Å². The molecule has 13 heavy (non-hydrogen) atoms. The fourth-order valence-corrected chi connectivity index (χ4v) is 3.42. The number of aliphatic hydroxyl groups is 1. The molecular formula is C12H16O. The van der Waals surface area contributed by atoms with E-state index >= 15 is 0 Å². The zero-order valence-electron chi connectivity index (χ0n) is 7.82. The van der Waals surface area contributed by atoms with Crippen molar-refractivity contribution < 1.29 is 5.11 Å². The summed E-state index contributed by atoms with van der Waals surface area (Å²) in [6, 6.07) is 0. The van der Waals surface area contributed by atoms with Gasteiger partial charge < -0.3 is 5.11 Å². The monoisotopic (exact) mass is 176 g/mol. The van der Waals surface area contributed by atoms with Crippen molar-refractivity contribution in [1.82, 2.24) is 0 Å². The highest BCUT2D eigenvalue weighted by molar-refractivity contribution is 5.30. The van der Waals surface area contributed by atoms with E-state index in [1.165, 1.54) is 12.8 Å². The molecule has 4 atom stereocenters. The fraction of sp³-hybridized carbons (Fsp3) is 0.667. The molecule has 1 spiro atoms. The highest BCUT2D eigenvalue weighted by Crippen LogP contribution is 2.57. The molecule has 1 saturated carbocycles. The Morgan fingerprint density at radius 1 is 1.15 bits per heavy atom. The van der Waals surface area contributed by atoms with Gasteiger partial charge in [-0.25, -0.2) is 0 Å². The van der Waals surface area contributed by atoms with Crippen LogP contribution in [0.25, 0.3) is 0 Å². The molecule has 1 N–H and O–H groups in total. The van der Waals surface area contributed by atoms with Gasteiger partial charge in [-0.2, -0.15) is 0 Å². The van der Waals surface area contributed by atoms with Crippen molar-refractivity contribution in [3.8, 4) is 0 Å². The maximum Gasteiger partial charge on any atom is 0.0642 e. The van der Waals surface area contributed by atoms with E-state index in [0.29, 0.717) is 11.8 Å². The van der Waals surface area contributed by atoms with Crippen LogP contribution in [0.2, 0.25) is 0 Å². The van der Waals surface area contributed by atoms with E-state index in [2.05, 4.69) is 24.3 Å². The summed E-state index contributed by atoms with van der Waals surface area (Å²) in [5.74, 6) is 1.26. The van der Waals surface area contributed by atoms with Gasteiger partial charge in [-0.1, -0.05) is 30.7 Å². The maximum absolute atomic E-state index is 10.1. The molecule has 0 amide bonds. The molecule has 1 nitrogen and oxygen atoms in total. The van der Waals surface area contributed by atoms with E-state index in [1.807, 2.05) is 0 Å². The molecule has 0 bridgehead atoms. The molecule has 0 radical (unpaired) electrons. The first kappa shape index (κ1) is 7.81. The van der Waals surface area contributed by atoms with E-state index in [-0.39, 0.29) is 11.5 Å². The molecule has 3 rings (SSSR count). The molecule has 1 unspecified atom stereocenters. The normalized spacial score (nSPS) is 52.2. The minimum Gasteiger partial charge on any atom is -0.392 e. The number of hydrogen-bond acceptors (Lipinski definition) is 1. The van der Waals surface area contributed by atoms with E-state index < -0.39 is 0 Å². The van der Waals surface area contributed by atoms with Crippen molar-refractivity contribution in [3.05, 3.63) is 24.3 Å². The van der Waals surface area contributed by atoms with Crippen LogP contribution in [0, 0.1) is 17.3 Å². The van der Waals surface area contributed by atoms with Crippen molar-refractivity contribution in [2.75, 3.05) is 0 Å². The first-order chi connectivity index (χ1) is 6.34. The summed E-state index contributed by atoms with van der Waals surface area (Å²) >= 11 is 0. The molecule has 1 heteroatoms. The number of rotatable bonds is 0. The quantitative estimate of drug-likeness (QED) is 0.561. The lowest BCUT2D eigenvalue weighted by molar-refractivity contribution is -0.0510. The lowest BCUT2D eigenvalue weighted by atomic mass is 9.50. The highest BCUT2D eigenvalue weighted by Gasteiger charge is 2.53. The predicted molar refractivity (Wildman–Crippen MR) is 52.2 cm³/mol. The maximum atomic E-state index is 10.1. The largest absolute Gasteiger partial charge is 0.392 e. The fourth-order valence-electron chi connectivity index (χ4n) is 3.42. The third-order valence-corrected chi connectivity index (χ3v) is 4.23. The van der Waals surface area contributed by atoms with Crippen molar-refractivity contribution in [2.24, 2.45) is 17.3 Å². The van der Waals surface area contributed by atoms with E-state index in [4.69, 9.17) is 0 Å². The van der Waals surface area contributed by atoms with Gasteiger partial charge in [0, 0.05) is 5.41 Å². The molecule has 0 heterocycles. The smallest absolute Gasteiger partial charge is 0.0642 e. The SMILES string of the molecule is O[C@@H]1CCC[C@H]2C=CC[C@H]3C=CC132. The highest BCUT2D eigenvalue weighted by atomic mass is 16.3. The third kappa shape index (κ3) is 0.812. The Morgan fingerprint density at radius 3 is 2.77 bits per heavy atom. The second kappa shape index (κ2) is 2.48. The van der Waals surface area contributed by atoms with E-state index in [9.17, 15) is 5.11 Å². The van der Waals surface area contributed by atoms with Crippen LogP contribution >= 0.6 is 0 Å². The van der Waals surface area contributed by atoms with Crippen molar-refractivity contribution in [2.45, 2.75) is 31.8 Å². The minimum absolute atomic E-state index is 0.0776. The molecule has 0 aromatic rings. The molecule has 0 aliphatic heterocycles. The van der Waals surface area contributed by atoms with E-state index in [1.54, 1.807) is 0 Å². The van der Waals surface area contributed by atoms with Gasteiger partial charge in [0.05, 0.1) is 6.10 Å². The van der Waals surface area contributed by atoms with Crippen LogP contribution in [0.5, 0.6) is 0 Å². The molecular weight excluding hydrogens is 160 g/mol. The molecule has 3 aliphatic rings. The Labute approximate surface area is 79.2 Å². The van der Waals surface area contributed by atoms with Gasteiger partial charge in [-0.3, -0.25) is 0 Å². The van der Waals surface area contributed by atoms with Gasteiger partial charge in [-0.15, -0.1) is 0 Å². The van der Waals surface area contributed by atoms with Crippen LogP contribution in [0.1, 0.15) is 25.7 Å². The number of aliphatic hydroxyl groups excluding tert-OH is 1. The van der Waals surface area contributed by atoms with Crippen LogP contribution in [-0.2, 0) is 0 Å². The van der Waals surface area contributed by atoms with Crippen LogP contribution in [-0.4, -0.2) is 11.2 Å². The van der Waals surface area contributed by atoms with E-state index in [0.717, 1.165) is 12.8 Å². The minimum atomic E-state index is -0.0776. The standard InChI is InChI=1S/C12H16O/c13-11-6-2-5-9-3-1-4-10-7-8-12(9,10)11/h1,3,7-11,13H,2,4-6H2/t9-,10+,11-,12?/m1/s1. The third-order valence-electron chi connectivity index (χ3n) is 4.23. The summed E-state index contributed by atoms with van der Waals surface area (Å²) in [5.41, 5.74) is 0.160. The van der Waals surface area contributed by atoms with Crippen LogP contribution in [0.15, 0.2) is 24.3 Å². The Balaban J connectivity index is 2.02. The molecule has 1 fully saturated rings. The summed E-state index contributed by atoms with van der Waals surface area (Å²) in [7, 11) is 0. The first-order valence-corrected chi connectivity index (χ1v) is 5.38. The Kier molecular flexibility index (Phi) is 1.49. The molecule has 0 aromatic heterocycles. The summed E-state index contributed by atoms with van der Waals surface area (Å²) < 4.78 is 0. The summed E-state index contributed by atoms with van der Waals surface area (Å²) in [6.45, 7) is 0. The lowest BCUT2D eigenvalue weighted by Gasteiger charge is -2.55. The Bertz CT molecular complexity index is 279. The molecule has 70 valence electrons. The number of hydrogen-bond donors (Lipinski definition) is 1. The van der Waals surface area contributed by atoms with Gasteiger partial charge in [0.25, 0.3) is 0 Å². The van der Waals surface area contributed by atoms with Crippen molar-refractivity contribution in [3.63, 3.8) is 0 Å². The number of allylic oxidation sites excluding steroid dienone is 3.